The first-order valence-corrected chi connectivity index (χ1v) is 11.0. The van der Waals surface area contributed by atoms with Crippen LogP contribution in [0.3, 0.4) is 0 Å². The summed E-state index contributed by atoms with van der Waals surface area (Å²) in [5.74, 6) is 0.619. The van der Waals surface area contributed by atoms with E-state index in [2.05, 4.69) is 16.0 Å². The van der Waals surface area contributed by atoms with Crippen molar-refractivity contribution in [2.75, 3.05) is 38.1 Å². The fourth-order valence-electron chi connectivity index (χ4n) is 3.92. The second kappa shape index (κ2) is 10.2. The minimum Gasteiger partial charge on any atom is -0.410 e. The number of hydrogen-bond donors (Lipinski definition) is 0. The van der Waals surface area contributed by atoms with E-state index in [1.807, 2.05) is 59.5 Å². The Labute approximate surface area is 194 Å². The summed E-state index contributed by atoms with van der Waals surface area (Å²) >= 11 is 0. The Balaban J connectivity index is 1.32. The third-order valence-corrected chi connectivity index (χ3v) is 5.80. The summed E-state index contributed by atoms with van der Waals surface area (Å²) in [5.41, 5.74) is 4.24. The summed E-state index contributed by atoms with van der Waals surface area (Å²) in [6.45, 7) is 5.07. The number of rotatable bonds is 5. The molecule has 0 atom stereocenters. The van der Waals surface area contributed by atoms with Crippen molar-refractivity contribution in [2.24, 2.45) is 0 Å². The van der Waals surface area contributed by atoms with E-state index in [4.69, 9.17) is 4.74 Å². The number of pyridine rings is 1. The quantitative estimate of drug-likeness (QED) is 0.594. The highest BCUT2D eigenvalue weighted by atomic mass is 16.6. The lowest BCUT2D eigenvalue weighted by atomic mass is 10.0. The predicted molar refractivity (Wildman–Crippen MR) is 128 cm³/mol. The number of carbonyl (C=O) groups excluding carboxylic acids is 2. The average molecular weight is 445 g/mol. The third kappa shape index (κ3) is 5.68. The first-order chi connectivity index (χ1) is 16.0. The van der Waals surface area contributed by atoms with E-state index in [0.29, 0.717) is 12.3 Å². The molecule has 2 heterocycles. The average Bonchev–Trinajstić information content (AvgIpc) is 2.85. The van der Waals surface area contributed by atoms with Gasteiger partial charge >= 0.3 is 6.09 Å². The smallest absolute Gasteiger partial charge is 0.410 e. The van der Waals surface area contributed by atoms with Crippen molar-refractivity contribution < 1.29 is 14.3 Å². The number of ether oxygens (including phenoxy) is 1. The molecule has 7 nitrogen and oxygen atoms in total. The van der Waals surface area contributed by atoms with Gasteiger partial charge in [-0.3, -0.25) is 9.78 Å². The van der Waals surface area contributed by atoms with Gasteiger partial charge in [-0.1, -0.05) is 18.2 Å². The number of anilines is 1. The van der Waals surface area contributed by atoms with Crippen LogP contribution in [0, 0.1) is 0 Å². The molecule has 1 aliphatic heterocycles. The van der Waals surface area contributed by atoms with Gasteiger partial charge in [0.15, 0.2) is 0 Å². The Hall–Kier alpha value is -3.87. The number of amides is 2. The third-order valence-electron chi connectivity index (χ3n) is 5.80. The minimum absolute atomic E-state index is 0.116. The molecular weight excluding hydrogens is 416 g/mol. The molecule has 0 saturated carbocycles. The Bertz CT molecular complexity index is 1090. The molecule has 0 radical (unpaired) electrons. The first kappa shape index (κ1) is 22.3. The minimum atomic E-state index is -0.410. The number of nitrogens with zero attached hydrogens (tertiary/aromatic N) is 4. The SMILES string of the molecule is CC(=O)N1CCN(c2ccc(OC(=O)N(C)Cc3cccc(-c4ccncc4)c3)cc2)CC1. The van der Waals surface area contributed by atoms with E-state index in [1.165, 1.54) is 0 Å². The monoisotopic (exact) mass is 444 g/mol. The summed E-state index contributed by atoms with van der Waals surface area (Å²) in [6.07, 6.45) is 3.12. The fraction of sp³-hybridized carbons (Fsp3) is 0.269. The van der Waals surface area contributed by atoms with Gasteiger partial charge in [0, 0.05) is 64.8 Å². The zero-order chi connectivity index (χ0) is 23.2. The van der Waals surface area contributed by atoms with Gasteiger partial charge in [-0.05, 0) is 59.2 Å². The van der Waals surface area contributed by atoms with Gasteiger partial charge < -0.3 is 19.4 Å². The maximum absolute atomic E-state index is 12.6. The number of benzene rings is 2. The van der Waals surface area contributed by atoms with Crippen molar-refractivity contribution in [1.29, 1.82) is 0 Å². The lowest BCUT2D eigenvalue weighted by Gasteiger charge is -2.35. The maximum Gasteiger partial charge on any atom is 0.415 e. The Morgan fingerprint density at radius 3 is 2.30 bits per heavy atom. The normalized spacial score (nSPS) is 13.5. The Kier molecular flexibility index (Phi) is 6.88. The summed E-state index contributed by atoms with van der Waals surface area (Å²) in [4.78, 5) is 33.8. The highest BCUT2D eigenvalue weighted by Gasteiger charge is 2.19. The van der Waals surface area contributed by atoms with Crippen LogP contribution < -0.4 is 9.64 Å². The zero-order valence-electron chi connectivity index (χ0n) is 19.0. The topological polar surface area (TPSA) is 66.0 Å². The first-order valence-electron chi connectivity index (χ1n) is 11.0. The zero-order valence-corrected chi connectivity index (χ0v) is 19.0. The molecule has 2 aromatic carbocycles. The van der Waals surface area contributed by atoms with E-state index in [-0.39, 0.29) is 5.91 Å². The molecule has 7 heteroatoms. The van der Waals surface area contributed by atoms with Crippen molar-refractivity contribution in [3.05, 3.63) is 78.6 Å². The van der Waals surface area contributed by atoms with Crippen molar-refractivity contribution in [1.82, 2.24) is 14.8 Å². The highest BCUT2D eigenvalue weighted by Crippen LogP contribution is 2.23. The molecule has 0 N–H and O–H groups in total. The molecule has 0 aliphatic carbocycles. The van der Waals surface area contributed by atoms with E-state index in [1.54, 1.807) is 31.3 Å². The summed E-state index contributed by atoms with van der Waals surface area (Å²) in [6, 6.07) is 19.5. The number of aromatic nitrogens is 1. The second-order valence-electron chi connectivity index (χ2n) is 8.15. The van der Waals surface area contributed by atoms with Gasteiger partial charge in [0.05, 0.1) is 0 Å². The van der Waals surface area contributed by atoms with Gasteiger partial charge in [-0.2, -0.15) is 0 Å². The van der Waals surface area contributed by atoms with Crippen LogP contribution in [0.4, 0.5) is 10.5 Å². The van der Waals surface area contributed by atoms with Crippen molar-refractivity contribution >= 4 is 17.7 Å². The Morgan fingerprint density at radius 1 is 0.939 bits per heavy atom. The van der Waals surface area contributed by atoms with E-state index >= 15 is 0 Å². The highest BCUT2D eigenvalue weighted by molar-refractivity contribution is 5.73. The summed E-state index contributed by atoms with van der Waals surface area (Å²) in [5, 5.41) is 0. The van der Waals surface area contributed by atoms with Gasteiger partial charge in [-0.25, -0.2) is 4.79 Å². The largest absolute Gasteiger partial charge is 0.415 e. The van der Waals surface area contributed by atoms with Crippen LogP contribution in [-0.2, 0) is 11.3 Å². The lowest BCUT2D eigenvalue weighted by molar-refractivity contribution is -0.129. The van der Waals surface area contributed by atoms with Crippen LogP contribution in [-0.4, -0.2) is 60.0 Å². The van der Waals surface area contributed by atoms with Crippen LogP contribution in [0.2, 0.25) is 0 Å². The van der Waals surface area contributed by atoms with Crippen LogP contribution in [0.5, 0.6) is 5.75 Å². The molecule has 1 aliphatic rings. The number of carbonyl (C=O) groups is 2. The molecule has 0 spiro atoms. The second-order valence-corrected chi connectivity index (χ2v) is 8.15. The predicted octanol–water partition coefficient (Wildman–Crippen LogP) is 4.05. The van der Waals surface area contributed by atoms with Crippen LogP contribution in [0.25, 0.3) is 11.1 Å². The summed E-state index contributed by atoms with van der Waals surface area (Å²) in [7, 11) is 1.73. The van der Waals surface area contributed by atoms with E-state index < -0.39 is 6.09 Å². The number of piperazine rings is 1. The summed E-state index contributed by atoms with van der Waals surface area (Å²) < 4.78 is 5.56. The standard InChI is InChI=1S/C26H28N4O3/c1-20(31)29-14-16-30(17-15-29)24-6-8-25(9-7-24)33-26(32)28(2)19-21-4-3-5-23(18-21)22-10-12-27-13-11-22/h3-13,18H,14-17,19H2,1-2H3. The molecule has 1 fully saturated rings. The van der Waals surface area contributed by atoms with Crippen molar-refractivity contribution in [3.63, 3.8) is 0 Å². The molecule has 4 rings (SSSR count). The molecule has 2 amide bonds. The van der Waals surface area contributed by atoms with Crippen LogP contribution in [0.15, 0.2) is 73.1 Å². The van der Waals surface area contributed by atoms with E-state index in [9.17, 15) is 9.59 Å². The molecule has 1 saturated heterocycles. The van der Waals surface area contributed by atoms with Crippen LogP contribution in [0.1, 0.15) is 12.5 Å². The van der Waals surface area contributed by atoms with Gasteiger partial charge in [0.1, 0.15) is 5.75 Å². The molecule has 3 aromatic rings. The molecule has 170 valence electrons. The number of hydrogen-bond acceptors (Lipinski definition) is 5. The van der Waals surface area contributed by atoms with Gasteiger partial charge in [0.2, 0.25) is 5.91 Å². The van der Waals surface area contributed by atoms with Gasteiger partial charge in [0.25, 0.3) is 0 Å². The van der Waals surface area contributed by atoms with Crippen LogP contribution >= 0.6 is 0 Å². The van der Waals surface area contributed by atoms with E-state index in [0.717, 1.165) is 48.6 Å². The lowest BCUT2D eigenvalue weighted by Crippen LogP contribution is -2.48. The van der Waals surface area contributed by atoms with Gasteiger partial charge in [-0.15, -0.1) is 0 Å². The Morgan fingerprint density at radius 2 is 1.64 bits per heavy atom. The molecule has 1 aromatic heterocycles. The molecule has 33 heavy (non-hydrogen) atoms. The molecule has 0 unspecified atom stereocenters. The fourth-order valence-corrected chi connectivity index (χ4v) is 3.92. The maximum atomic E-state index is 12.6. The molecular formula is C26H28N4O3. The molecule has 0 bridgehead atoms. The van der Waals surface area contributed by atoms with Crippen molar-refractivity contribution in [2.45, 2.75) is 13.5 Å². The van der Waals surface area contributed by atoms with Crippen molar-refractivity contribution in [3.8, 4) is 16.9 Å².